The van der Waals surface area contributed by atoms with Crippen molar-refractivity contribution in [1.29, 1.82) is 0 Å². The Kier molecular flexibility index (Phi) is 3.22. The number of hydrogen-bond donors (Lipinski definition) is 1. The van der Waals surface area contributed by atoms with Crippen LogP contribution in [0.25, 0.3) is 0 Å². The molecule has 6 nitrogen and oxygen atoms in total. The molecule has 1 atom stereocenters. The summed E-state index contributed by atoms with van der Waals surface area (Å²) in [5.41, 5.74) is 2.04. The number of H-pyrrole nitrogens is 1. The highest BCUT2D eigenvalue weighted by molar-refractivity contribution is 7.99. The molecule has 4 rings (SSSR count). The summed E-state index contributed by atoms with van der Waals surface area (Å²) in [5.74, 6) is 4.59. The minimum atomic E-state index is 0.122. The average Bonchev–Trinajstić information content (AvgIpc) is 3.17. The number of aromatic amines is 1. The molecule has 2 aromatic rings. The Hall–Kier alpha value is -1.37. The van der Waals surface area contributed by atoms with Gasteiger partial charge in [-0.3, -0.25) is 0 Å². The van der Waals surface area contributed by atoms with Crippen molar-refractivity contribution in [3.8, 4) is 0 Å². The van der Waals surface area contributed by atoms with Gasteiger partial charge in [0.05, 0.1) is 17.3 Å². The van der Waals surface area contributed by atoms with E-state index in [1.54, 1.807) is 0 Å². The lowest BCUT2D eigenvalue weighted by Gasteiger charge is -2.18. The van der Waals surface area contributed by atoms with Gasteiger partial charge in [0.15, 0.2) is 5.82 Å². The number of nitrogens with one attached hydrogen (secondary N) is 1. The van der Waals surface area contributed by atoms with Crippen molar-refractivity contribution in [1.82, 2.24) is 25.6 Å². The Bertz CT molecular complexity index is 589. The van der Waals surface area contributed by atoms with Gasteiger partial charge in [-0.25, -0.2) is 0 Å². The number of hydrogen-bond acceptors (Lipinski definition) is 6. The SMILES string of the molecule is C1Cc2n[nH]nc2C(c2nc(C3CCSCC3)no2)C1. The largest absolute Gasteiger partial charge is 0.339 e. The second kappa shape index (κ2) is 5.20. The number of fused-ring (bicyclic) bond motifs is 1. The van der Waals surface area contributed by atoms with Crippen molar-refractivity contribution in [2.45, 2.75) is 43.9 Å². The molecule has 0 amide bonds. The first-order valence-electron chi connectivity index (χ1n) is 7.22. The normalized spacial score (nSPS) is 23.7. The number of rotatable bonds is 2. The Balaban J connectivity index is 1.60. The quantitative estimate of drug-likeness (QED) is 0.914. The fourth-order valence-corrected chi connectivity index (χ4v) is 4.19. The third kappa shape index (κ3) is 2.13. The van der Waals surface area contributed by atoms with Crippen LogP contribution in [0, 0.1) is 0 Å². The highest BCUT2D eigenvalue weighted by atomic mass is 32.2. The van der Waals surface area contributed by atoms with Gasteiger partial charge >= 0.3 is 0 Å². The molecule has 0 aromatic carbocycles. The van der Waals surface area contributed by atoms with Gasteiger partial charge in [-0.1, -0.05) is 5.16 Å². The predicted octanol–water partition coefficient (Wildman–Crippen LogP) is 2.27. The third-order valence-corrected chi connectivity index (χ3v) is 5.28. The molecule has 0 bridgehead atoms. The maximum absolute atomic E-state index is 5.53. The fourth-order valence-electron chi connectivity index (χ4n) is 3.09. The second-order valence-electron chi connectivity index (χ2n) is 5.48. The van der Waals surface area contributed by atoms with Gasteiger partial charge in [0.25, 0.3) is 0 Å². The maximum atomic E-state index is 5.53. The van der Waals surface area contributed by atoms with E-state index in [1.165, 1.54) is 11.5 Å². The molecule has 0 spiro atoms. The lowest BCUT2D eigenvalue weighted by Crippen LogP contribution is -2.12. The van der Waals surface area contributed by atoms with Gasteiger partial charge in [0.1, 0.15) is 0 Å². The van der Waals surface area contributed by atoms with E-state index in [2.05, 4.69) is 25.6 Å². The van der Waals surface area contributed by atoms with E-state index in [-0.39, 0.29) is 5.92 Å². The van der Waals surface area contributed by atoms with Crippen LogP contribution in [0.5, 0.6) is 0 Å². The van der Waals surface area contributed by atoms with E-state index in [4.69, 9.17) is 4.52 Å². The lowest BCUT2D eigenvalue weighted by molar-refractivity contribution is 0.345. The van der Waals surface area contributed by atoms with Crippen LogP contribution in [0.4, 0.5) is 0 Å². The van der Waals surface area contributed by atoms with Crippen LogP contribution >= 0.6 is 11.8 Å². The van der Waals surface area contributed by atoms with Gasteiger partial charge in [-0.15, -0.1) is 0 Å². The molecule has 7 heteroatoms. The molecule has 1 unspecified atom stereocenters. The molecular weight excluding hydrogens is 274 g/mol. The van der Waals surface area contributed by atoms with Crippen LogP contribution in [-0.4, -0.2) is 37.1 Å². The minimum Gasteiger partial charge on any atom is -0.339 e. The van der Waals surface area contributed by atoms with Gasteiger partial charge in [0, 0.05) is 5.92 Å². The first-order valence-corrected chi connectivity index (χ1v) is 8.38. The first kappa shape index (κ1) is 12.4. The van der Waals surface area contributed by atoms with Gasteiger partial charge < -0.3 is 4.52 Å². The predicted molar refractivity (Wildman–Crippen MR) is 74.8 cm³/mol. The van der Waals surface area contributed by atoms with Crippen LogP contribution in [-0.2, 0) is 6.42 Å². The molecule has 0 saturated carbocycles. The molecule has 1 N–H and O–H groups in total. The van der Waals surface area contributed by atoms with Crippen molar-refractivity contribution in [3.63, 3.8) is 0 Å². The van der Waals surface area contributed by atoms with Crippen molar-refractivity contribution < 1.29 is 4.52 Å². The summed E-state index contributed by atoms with van der Waals surface area (Å²) in [5, 5.41) is 15.4. The van der Waals surface area contributed by atoms with E-state index in [9.17, 15) is 0 Å². The molecule has 106 valence electrons. The second-order valence-corrected chi connectivity index (χ2v) is 6.70. The Morgan fingerprint density at radius 1 is 1.15 bits per heavy atom. The highest BCUT2D eigenvalue weighted by Gasteiger charge is 2.31. The number of aromatic nitrogens is 5. The van der Waals surface area contributed by atoms with Crippen molar-refractivity contribution >= 4 is 11.8 Å². The van der Waals surface area contributed by atoms with E-state index in [1.807, 2.05) is 11.8 Å². The summed E-state index contributed by atoms with van der Waals surface area (Å²) in [6.07, 6.45) is 5.42. The summed E-state index contributed by atoms with van der Waals surface area (Å²) >= 11 is 2.01. The summed E-state index contributed by atoms with van der Waals surface area (Å²) < 4.78 is 5.53. The van der Waals surface area contributed by atoms with Gasteiger partial charge in [-0.2, -0.15) is 32.2 Å². The zero-order valence-electron chi connectivity index (χ0n) is 11.2. The van der Waals surface area contributed by atoms with Crippen molar-refractivity contribution in [2.24, 2.45) is 0 Å². The number of nitrogens with zero attached hydrogens (tertiary/aromatic N) is 4. The molecule has 1 aliphatic heterocycles. The van der Waals surface area contributed by atoms with Crippen molar-refractivity contribution in [2.75, 3.05) is 11.5 Å². The summed E-state index contributed by atoms with van der Waals surface area (Å²) in [4.78, 5) is 4.67. The third-order valence-electron chi connectivity index (χ3n) is 4.23. The molecular formula is C13H17N5OS. The van der Waals surface area contributed by atoms with E-state index in [0.717, 1.165) is 49.3 Å². The van der Waals surface area contributed by atoms with E-state index < -0.39 is 0 Å². The van der Waals surface area contributed by atoms with Crippen LogP contribution in [0.3, 0.4) is 0 Å². The molecule has 1 aliphatic carbocycles. The van der Waals surface area contributed by atoms with Crippen LogP contribution in [0.1, 0.15) is 60.6 Å². The summed E-state index contributed by atoms with van der Waals surface area (Å²) in [7, 11) is 0. The van der Waals surface area contributed by atoms with Gasteiger partial charge in [-0.05, 0) is 43.6 Å². The van der Waals surface area contributed by atoms with Crippen LogP contribution in [0.15, 0.2) is 4.52 Å². The first-order chi connectivity index (χ1) is 9.92. The number of thioether (sulfide) groups is 1. The van der Waals surface area contributed by atoms with Crippen molar-refractivity contribution in [3.05, 3.63) is 23.1 Å². The van der Waals surface area contributed by atoms with Crippen LogP contribution in [0.2, 0.25) is 0 Å². The topological polar surface area (TPSA) is 80.5 Å². The molecule has 0 radical (unpaired) electrons. The number of aryl methyl sites for hydroxylation is 1. The Morgan fingerprint density at radius 2 is 2.05 bits per heavy atom. The molecule has 20 heavy (non-hydrogen) atoms. The zero-order chi connectivity index (χ0) is 13.4. The Labute approximate surface area is 121 Å². The van der Waals surface area contributed by atoms with Crippen LogP contribution < -0.4 is 0 Å². The standard InChI is InChI=1S/C13H17N5OS/c1-2-9(11-10(3-1)15-18-16-11)13-14-12(17-19-13)8-4-6-20-7-5-8/h8-9H,1-7H2,(H,15,16,18). The highest BCUT2D eigenvalue weighted by Crippen LogP contribution is 2.35. The lowest BCUT2D eigenvalue weighted by atomic mass is 9.90. The van der Waals surface area contributed by atoms with E-state index in [0.29, 0.717) is 11.8 Å². The Morgan fingerprint density at radius 3 is 2.95 bits per heavy atom. The maximum Gasteiger partial charge on any atom is 0.235 e. The monoisotopic (exact) mass is 291 g/mol. The van der Waals surface area contributed by atoms with Gasteiger partial charge in [0.2, 0.25) is 5.89 Å². The fraction of sp³-hybridized carbons (Fsp3) is 0.692. The molecule has 1 fully saturated rings. The van der Waals surface area contributed by atoms with E-state index >= 15 is 0 Å². The smallest absolute Gasteiger partial charge is 0.235 e. The molecule has 1 saturated heterocycles. The average molecular weight is 291 g/mol. The summed E-state index contributed by atoms with van der Waals surface area (Å²) in [6, 6.07) is 0. The zero-order valence-corrected chi connectivity index (χ0v) is 12.0. The molecule has 3 heterocycles. The molecule has 2 aromatic heterocycles. The molecule has 2 aliphatic rings. The summed E-state index contributed by atoms with van der Waals surface area (Å²) in [6.45, 7) is 0. The minimum absolute atomic E-state index is 0.122.